The highest BCUT2D eigenvalue weighted by Crippen LogP contribution is 2.30. The number of aliphatic hydroxyl groups is 1. The van der Waals surface area contributed by atoms with E-state index in [4.69, 9.17) is 20.3 Å². The molecule has 0 aliphatic heterocycles. The molecule has 0 radical (unpaired) electrons. The number of esters is 2. The van der Waals surface area contributed by atoms with Gasteiger partial charge >= 0.3 is 11.9 Å². The number of fused-ring (bicyclic) bond motifs is 1. The van der Waals surface area contributed by atoms with E-state index in [-0.39, 0.29) is 31.4 Å². The lowest BCUT2D eigenvalue weighted by Crippen LogP contribution is -2.37. The molecule has 0 saturated heterocycles. The molecule has 0 saturated carbocycles. The molecule has 26 heavy (non-hydrogen) atoms. The minimum absolute atomic E-state index is 0.138. The molecule has 2 aromatic rings. The zero-order chi connectivity index (χ0) is 19.1. The molecule has 0 aromatic carbocycles. The molecule has 0 aliphatic rings. The van der Waals surface area contributed by atoms with Gasteiger partial charge in [0.25, 0.3) is 0 Å². The maximum Gasteiger partial charge on any atom is 0.331 e. The van der Waals surface area contributed by atoms with Crippen molar-refractivity contribution in [3.8, 4) is 0 Å². The highest BCUT2D eigenvalue weighted by molar-refractivity contribution is 8.00. The molecular weight excluding hydrogens is 362 g/mol. The van der Waals surface area contributed by atoms with Crippen LogP contribution in [0.1, 0.15) is 19.9 Å². The second kappa shape index (κ2) is 9.34. The van der Waals surface area contributed by atoms with E-state index in [9.17, 15) is 9.59 Å². The summed E-state index contributed by atoms with van der Waals surface area (Å²) < 4.78 is 11.7. The van der Waals surface area contributed by atoms with E-state index in [2.05, 4.69) is 15.0 Å². The minimum Gasteiger partial charge on any atom is -0.465 e. The molecule has 2 unspecified atom stereocenters. The molecule has 3 N–H and O–H groups in total. The Morgan fingerprint density at radius 3 is 2.58 bits per heavy atom. The fourth-order valence-corrected chi connectivity index (χ4v) is 3.36. The number of aromatic nitrogens is 4. The van der Waals surface area contributed by atoms with Crippen molar-refractivity contribution < 1.29 is 24.2 Å². The van der Waals surface area contributed by atoms with E-state index in [1.54, 1.807) is 13.8 Å². The third kappa shape index (κ3) is 4.22. The van der Waals surface area contributed by atoms with Gasteiger partial charge in [-0.3, -0.25) is 9.36 Å². The van der Waals surface area contributed by atoms with Crippen LogP contribution in [0.25, 0.3) is 11.2 Å². The number of nitrogens with two attached hydrogens (primary N) is 1. The zero-order valence-corrected chi connectivity index (χ0v) is 15.3. The average Bonchev–Trinajstić information content (AvgIpc) is 3.04. The van der Waals surface area contributed by atoms with E-state index < -0.39 is 23.2 Å². The Balaban J connectivity index is 2.53. The van der Waals surface area contributed by atoms with Gasteiger partial charge in [-0.1, -0.05) is 0 Å². The van der Waals surface area contributed by atoms with Gasteiger partial charge in [-0.15, -0.1) is 11.8 Å². The van der Waals surface area contributed by atoms with Crippen molar-refractivity contribution in [2.45, 2.75) is 25.1 Å². The molecule has 0 fully saturated rings. The number of hydrogen-bond acceptors (Lipinski definition) is 10. The van der Waals surface area contributed by atoms with Crippen LogP contribution >= 0.6 is 11.8 Å². The molecule has 0 bridgehead atoms. The summed E-state index contributed by atoms with van der Waals surface area (Å²) in [6.45, 7) is 3.48. The van der Waals surface area contributed by atoms with Crippen molar-refractivity contribution in [3.05, 3.63) is 12.7 Å². The first-order valence-electron chi connectivity index (χ1n) is 8.03. The first-order valence-corrected chi connectivity index (χ1v) is 9.08. The number of hydrogen-bond donors (Lipinski definition) is 2. The molecule has 0 amide bonds. The van der Waals surface area contributed by atoms with Crippen molar-refractivity contribution in [1.29, 1.82) is 0 Å². The first kappa shape index (κ1) is 19.9. The van der Waals surface area contributed by atoms with Gasteiger partial charge in [0.05, 0.1) is 26.1 Å². The quantitative estimate of drug-likeness (QED) is 0.575. The Bertz CT molecular complexity index is 768. The summed E-state index contributed by atoms with van der Waals surface area (Å²) in [4.78, 5) is 37.3. The number of carbonyl (C=O) groups is 2. The van der Waals surface area contributed by atoms with Crippen LogP contribution in [0.2, 0.25) is 0 Å². The molecular formula is C15H21N5O5S. The average molecular weight is 383 g/mol. The fraction of sp³-hybridized carbons (Fsp3) is 0.533. The fourth-order valence-electron chi connectivity index (χ4n) is 2.38. The SMILES string of the molecule is CCOC(=O)C(SCCO)C(C(=O)OCC)n1cnc2c(N)ncnc21. The number of aliphatic hydroxyl groups excluding tert-OH is 1. The van der Waals surface area contributed by atoms with Gasteiger partial charge in [0.15, 0.2) is 17.5 Å². The topological polar surface area (TPSA) is 142 Å². The van der Waals surface area contributed by atoms with Crippen molar-refractivity contribution in [2.75, 3.05) is 31.3 Å². The number of rotatable bonds is 9. The number of imidazole rings is 1. The molecule has 2 aromatic heterocycles. The molecule has 2 atom stereocenters. The number of carbonyl (C=O) groups excluding carboxylic acids is 2. The normalized spacial score (nSPS) is 13.3. The van der Waals surface area contributed by atoms with Crippen LogP contribution < -0.4 is 5.73 Å². The van der Waals surface area contributed by atoms with Gasteiger partial charge in [0, 0.05) is 5.75 Å². The molecule has 142 valence electrons. The number of anilines is 1. The second-order valence-corrected chi connectivity index (χ2v) is 6.30. The van der Waals surface area contributed by atoms with Crippen molar-refractivity contribution in [3.63, 3.8) is 0 Å². The molecule has 0 spiro atoms. The third-order valence-electron chi connectivity index (χ3n) is 3.41. The lowest BCUT2D eigenvalue weighted by atomic mass is 10.2. The number of ether oxygens (including phenoxy) is 2. The van der Waals surface area contributed by atoms with Gasteiger partial charge in [0.1, 0.15) is 17.1 Å². The van der Waals surface area contributed by atoms with Gasteiger partial charge in [-0.05, 0) is 13.8 Å². The first-order chi connectivity index (χ1) is 12.5. The summed E-state index contributed by atoms with van der Waals surface area (Å²) in [5.41, 5.74) is 6.41. The smallest absolute Gasteiger partial charge is 0.331 e. The van der Waals surface area contributed by atoms with Crippen LogP contribution in [0.5, 0.6) is 0 Å². The molecule has 11 heteroatoms. The van der Waals surface area contributed by atoms with Gasteiger partial charge in [-0.25, -0.2) is 19.7 Å². The van der Waals surface area contributed by atoms with Crippen molar-refractivity contribution >= 4 is 40.7 Å². The summed E-state index contributed by atoms with van der Waals surface area (Å²) in [5.74, 6) is -0.823. The third-order valence-corrected chi connectivity index (χ3v) is 4.64. The summed E-state index contributed by atoms with van der Waals surface area (Å²) in [7, 11) is 0. The Hall–Kier alpha value is -2.40. The maximum atomic E-state index is 12.7. The summed E-state index contributed by atoms with van der Waals surface area (Å²) >= 11 is 1.09. The second-order valence-electron chi connectivity index (χ2n) is 5.05. The van der Waals surface area contributed by atoms with E-state index in [0.29, 0.717) is 11.2 Å². The van der Waals surface area contributed by atoms with Crippen LogP contribution in [0.15, 0.2) is 12.7 Å². The number of nitrogens with zero attached hydrogens (tertiary/aromatic N) is 4. The largest absolute Gasteiger partial charge is 0.465 e. The number of thioether (sulfide) groups is 1. The van der Waals surface area contributed by atoms with E-state index in [1.807, 2.05) is 0 Å². The highest BCUT2D eigenvalue weighted by atomic mass is 32.2. The van der Waals surface area contributed by atoms with Crippen molar-refractivity contribution in [2.24, 2.45) is 0 Å². The van der Waals surface area contributed by atoms with E-state index in [1.165, 1.54) is 17.2 Å². The molecule has 2 heterocycles. The minimum atomic E-state index is -1.08. The monoisotopic (exact) mass is 383 g/mol. The lowest BCUT2D eigenvalue weighted by Gasteiger charge is -2.24. The Morgan fingerprint density at radius 2 is 1.92 bits per heavy atom. The van der Waals surface area contributed by atoms with Crippen LogP contribution in [-0.4, -0.2) is 67.4 Å². The van der Waals surface area contributed by atoms with E-state index in [0.717, 1.165) is 11.8 Å². The maximum absolute atomic E-state index is 12.7. The van der Waals surface area contributed by atoms with Gasteiger partial charge in [-0.2, -0.15) is 0 Å². The Labute approximate surface area is 154 Å². The summed E-state index contributed by atoms with van der Waals surface area (Å²) in [6, 6.07) is -1.08. The lowest BCUT2D eigenvalue weighted by molar-refractivity contribution is -0.153. The standard InChI is InChI=1S/C15H21N5O5S/c1-3-24-14(22)10(11(26-6-5-21)15(23)25-4-2)20-8-19-9-12(16)17-7-18-13(9)20/h7-8,10-11,21H,3-6H2,1-2H3,(H2,16,17,18). The van der Waals surface area contributed by atoms with Crippen LogP contribution in [0, 0.1) is 0 Å². The van der Waals surface area contributed by atoms with Crippen LogP contribution in [0.3, 0.4) is 0 Å². The van der Waals surface area contributed by atoms with E-state index >= 15 is 0 Å². The highest BCUT2D eigenvalue weighted by Gasteiger charge is 2.39. The summed E-state index contributed by atoms with van der Waals surface area (Å²) in [6.07, 6.45) is 2.61. The Kier molecular flexibility index (Phi) is 7.16. The van der Waals surface area contributed by atoms with Crippen LogP contribution in [-0.2, 0) is 19.1 Å². The number of nitrogen functional groups attached to an aromatic ring is 1. The molecule has 2 rings (SSSR count). The predicted octanol–water partition coefficient (Wildman–Crippen LogP) is 0.170. The van der Waals surface area contributed by atoms with Crippen molar-refractivity contribution in [1.82, 2.24) is 19.5 Å². The Morgan fingerprint density at radius 1 is 1.23 bits per heavy atom. The molecule has 10 nitrogen and oxygen atoms in total. The zero-order valence-electron chi connectivity index (χ0n) is 14.5. The summed E-state index contributed by atoms with van der Waals surface area (Å²) in [5, 5.41) is 8.19. The van der Waals surface area contributed by atoms with Crippen LogP contribution in [0.4, 0.5) is 5.82 Å². The van der Waals surface area contributed by atoms with Gasteiger partial charge in [0.2, 0.25) is 0 Å². The molecule has 0 aliphatic carbocycles. The predicted molar refractivity (Wildman–Crippen MR) is 95.4 cm³/mol. The van der Waals surface area contributed by atoms with Gasteiger partial charge < -0.3 is 20.3 Å².